The van der Waals surface area contributed by atoms with Gasteiger partial charge in [-0.05, 0) is 24.5 Å². The van der Waals surface area contributed by atoms with Gasteiger partial charge in [0.15, 0.2) is 0 Å². The lowest BCUT2D eigenvalue weighted by Crippen LogP contribution is -2.29. The third-order valence-corrected chi connectivity index (χ3v) is 3.55. The number of hydrogen-bond acceptors (Lipinski definition) is 4. The molecule has 0 unspecified atom stereocenters. The largest absolute Gasteiger partial charge is 0.464 e. The zero-order valence-electron chi connectivity index (χ0n) is 12.5. The molecule has 0 aromatic heterocycles. The van der Waals surface area contributed by atoms with Gasteiger partial charge in [-0.2, -0.15) is 0 Å². The maximum atomic E-state index is 11.7. The lowest BCUT2D eigenvalue weighted by atomic mass is 10.2. The van der Waals surface area contributed by atoms with Gasteiger partial charge in [0.1, 0.15) is 6.54 Å². The van der Waals surface area contributed by atoms with E-state index in [4.69, 9.17) is 4.74 Å². The zero-order valence-corrected chi connectivity index (χ0v) is 13.3. The fourth-order valence-electron chi connectivity index (χ4n) is 1.36. The first-order valence-electron chi connectivity index (χ1n) is 6.68. The van der Waals surface area contributed by atoms with Crippen molar-refractivity contribution in [2.75, 3.05) is 13.2 Å². The van der Waals surface area contributed by atoms with Crippen molar-refractivity contribution in [2.45, 2.75) is 20.8 Å². The van der Waals surface area contributed by atoms with Crippen molar-refractivity contribution in [1.29, 1.82) is 0 Å². The van der Waals surface area contributed by atoms with Gasteiger partial charge >= 0.3 is 5.97 Å². The number of carbonyl (C=O) groups excluding carboxylic acids is 1. The summed E-state index contributed by atoms with van der Waals surface area (Å²) in [5.41, 5.74) is 1.87. The number of benzene rings is 1. The minimum atomic E-state index is -3.65. The van der Waals surface area contributed by atoms with Crippen LogP contribution in [0.5, 0.6) is 0 Å². The molecule has 0 heterocycles. The summed E-state index contributed by atoms with van der Waals surface area (Å²) in [5.74, 6) is -0.372. The van der Waals surface area contributed by atoms with Crippen LogP contribution >= 0.6 is 0 Å². The first-order chi connectivity index (χ1) is 9.78. The Labute approximate surface area is 126 Å². The van der Waals surface area contributed by atoms with Gasteiger partial charge in [-0.3, -0.25) is 4.79 Å². The molecule has 0 aliphatic rings. The molecule has 0 fully saturated rings. The van der Waals surface area contributed by atoms with Crippen LogP contribution < -0.4 is 4.72 Å². The van der Waals surface area contributed by atoms with Crippen molar-refractivity contribution in [3.05, 3.63) is 40.8 Å². The van der Waals surface area contributed by atoms with Crippen LogP contribution in [0.4, 0.5) is 0 Å². The second kappa shape index (κ2) is 7.95. The predicted octanol–water partition coefficient (Wildman–Crippen LogP) is 2.08. The highest BCUT2D eigenvalue weighted by atomic mass is 32.2. The van der Waals surface area contributed by atoms with E-state index in [1.165, 1.54) is 6.08 Å². The Kier molecular flexibility index (Phi) is 6.58. The molecule has 0 spiro atoms. The van der Waals surface area contributed by atoms with Gasteiger partial charge in [0.05, 0.1) is 6.61 Å². The van der Waals surface area contributed by atoms with E-state index in [9.17, 15) is 13.2 Å². The third kappa shape index (κ3) is 7.63. The highest BCUT2D eigenvalue weighted by Crippen LogP contribution is 2.06. The van der Waals surface area contributed by atoms with Crippen molar-refractivity contribution < 1.29 is 17.9 Å². The van der Waals surface area contributed by atoms with Crippen molar-refractivity contribution >= 4 is 22.1 Å². The molecular formula is C15H21NO4S. The molecule has 0 saturated carbocycles. The molecule has 5 nitrogen and oxygen atoms in total. The van der Waals surface area contributed by atoms with Crippen molar-refractivity contribution in [3.63, 3.8) is 0 Å². The van der Waals surface area contributed by atoms with E-state index in [1.54, 1.807) is 0 Å². The monoisotopic (exact) mass is 311 g/mol. The topological polar surface area (TPSA) is 72.5 Å². The molecule has 21 heavy (non-hydrogen) atoms. The van der Waals surface area contributed by atoms with Crippen LogP contribution in [0.15, 0.2) is 29.7 Å². The van der Waals surface area contributed by atoms with Gasteiger partial charge in [-0.1, -0.05) is 43.7 Å². The summed E-state index contributed by atoms with van der Waals surface area (Å²) in [6.45, 7) is 5.67. The van der Waals surface area contributed by atoms with E-state index in [1.807, 2.05) is 45.0 Å². The summed E-state index contributed by atoms with van der Waals surface area (Å²) in [7, 11) is -3.65. The molecule has 6 heteroatoms. The van der Waals surface area contributed by atoms with Crippen LogP contribution in [-0.4, -0.2) is 27.5 Å². The van der Waals surface area contributed by atoms with Crippen LogP contribution in [0, 0.1) is 12.8 Å². The zero-order chi connectivity index (χ0) is 15.9. The molecule has 0 atom stereocenters. The van der Waals surface area contributed by atoms with Gasteiger partial charge in [-0.25, -0.2) is 13.1 Å². The average molecular weight is 311 g/mol. The van der Waals surface area contributed by atoms with Crippen molar-refractivity contribution in [1.82, 2.24) is 4.72 Å². The first kappa shape index (κ1) is 17.4. The summed E-state index contributed by atoms with van der Waals surface area (Å²) < 4.78 is 30.5. The summed E-state index contributed by atoms with van der Waals surface area (Å²) in [6.07, 6.45) is 1.47. The van der Waals surface area contributed by atoms with Crippen LogP contribution in [0.25, 0.3) is 6.08 Å². The molecule has 1 N–H and O–H groups in total. The highest BCUT2D eigenvalue weighted by Gasteiger charge is 2.10. The van der Waals surface area contributed by atoms with Crippen LogP contribution in [0.1, 0.15) is 25.0 Å². The number of carbonyl (C=O) groups is 1. The van der Waals surface area contributed by atoms with Crippen LogP contribution in [0.3, 0.4) is 0 Å². The number of hydrogen-bond donors (Lipinski definition) is 1. The SMILES string of the molecule is Cc1ccc(/C=C/S(=O)(=O)NCC(=O)OCC(C)C)cc1. The number of sulfonamides is 1. The Morgan fingerprint density at radius 1 is 1.29 bits per heavy atom. The number of esters is 1. The van der Waals surface area contributed by atoms with E-state index >= 15 is 0 Å². The molecule has 0 saturated heterocycles. The average Bonchev–Trinajstić information content (AvgIpc) is 2.42. The molecule has 1 rings (SSSR count). The molecular weight excluding hydrogens is 290 g/mol. The first-order valence-corrected chi connectivity index (χ1v) is 8.23. The fourth-order valence-corrected chi connectivity index (χ4v) is 2.12. The summed E-state index contributed by atoms with van der Waals surface area (Å²) >= 11 is 0. The second-order valence-electron chi connectivity index (χ2n) is 5.16. The number of ether oxygens (including phenoxy) is 1. The van der Waals surface area contributed by atoms with Gasteiger partial charge < -0.3 is 4.74 Å². The van der Waals surface area contributed by atoms with Gasteiger partial charge in [0, 0.05) is 5.41 Å². The normalized spacial score (nSPS) is 12.0. The van der Waals surface area contributed by atoms with Gasteiger partial charge in [0.25, 0.3) is 0 Å². The lowest BCUT2D eigenvalue weighted by molar-refractivity contribution is -0.143. The van der Waals surface area contributed by atoms with Crippen LogP contribution in [0.2, 0.25) is 0 Å². The maximum absolute atomic E-state index is 11.7. The second-order valence-corrected chi connectivity index (χ2v) is 6.81. The molecule has 0 radical (unpaired) electrons. The smallest absolute Gasteiger partial charge is 0.321 e. The van der Waals surface area contributed by atoms with E-state index in [-0.39, 0.29) is 19.1 Å². The Bertz CT molecular complexity index is 589. The minimum Gasteiger partial charge on any atom is -0.464 e. The molecule has 0 amide bonds. The maximum Gasteiger partial charge on any atom is 0.321 e. The molecule has 0 bridgehead atoms. The Morgan fingerprint density at radius 2 is 1.90 bits per heavy atom. The fraction of sp³-hybridized carbons (Fsp3) is 0.400. The Hall–Kier alpha value is -1.66. The lowest BCUT2D eigenvalue weighted by Gasteiger charge is -2.07. The number of nitrogens with one attached hydrogen (secondary N) is 1. The Balaban J connectivity index is 2.50. The van der Waals surface area contributed by atoms with E-state index in [0.717, 1.165) is 16.5 Å². The molecule has 0 aliphatic heterocycles. The minimum absolute atomic E-state index is 0.215. The summed E-state index contributed by atoms with van der Waals surface area (Å²) in [5, 5.41) is 1.04. The predicted molar refractivity (Wildman–Crippen MR) is 82.9 cm³/mol. The number of rotatable bonds is 7. The molecule has 116 valence electrons. The standard InChI is InChI=1S/C15H21NO4S/c1-12(2)11-20-15(17)10-16-21(18,19)9-8-14-6-4-13(3)5-7-14/h4-9,12,16H,10-11H2,1-3H3/b9-8+. The van der Waals surface area contributed by atoms with Crippen LogP contribution in [-0.2, 0) is 19.6 Å². The highest BCUT2D eigenvalue weighted by molar-refractivity contribution is 7.92. The molecule has 1 aromatic carbocycles. The number of aryl methyl sites for hydroxylation is 1. The molecule has 0 aliphatic carbocycles. The van der Waals surface area contributed by atoms with E-state index in [0.29, 0.717) is 0 Å². The van der Waals surface area contributed by atoms with E-state index in [2.05, 4.69) is 4.72 Å². The van der Waals surface area contributed by atoms with Gasteiger partial charge in [-0.15, -0.1) is 0 Å². The third-order valence-electron chi connectivity index (χ3n) is 2.51. The molecule has 1 aromatic rings. The van der Waals surface area contributed by atoms with Crippen molar-refractivity contribution in [3.8, 4) is 0 Å². The van der Waals surface area contributed by atoms with E-state index < -0.39 is 16.0 Å². The van der Waals surface area contributed by atoms with Crippen molar-refractivity contribution in [2.24, 2.45) is 5.92 Å². The summed E-state index contributed by atoms with van der Waals surface area (Å²) in [4.78, 5) is 11.3. The quantitative estimate of drug-likeness (QED) is 0.783. The Morgan fingerprint density at radius 3 is 2.48 bits per heavy atom. The summed E-state index contributed by atoms with van der Waals surface area (Å²) in [6, 6.07) is 7.42. The van der Waals surface area contributed by atoms with Gasteiger partial charge in [0.2, 0.25) is 10.0 Å².